The summed E-state index contributed by atoms with van der Waals surface area (Å²) in [6, 6.07) is 0. The van der Waals surface area contributed by atoms with Gasteiger partial charge in [0.15, 0.2) is 10.8 Å². The summed E-state index contributed by atoms with van der Waals surface area (Å²) >= 11 is 1.56. The highest BCUT2D eigenvalue weighted by molar-refractivity contribution is 7.99. The first-order valence-corrected chi connectivity index (χ1v) is 6.54. The number of nitrogens with one attached hydrogen (secondary N) is 3. The maximum atomic E-state index is 11.4. The van der Waals surface area contributed by atoms with E-state index in [9.17, 15) is 9.59 Å². The molecule has 2 aromatic heterocycles. The first kappa shape index (κ1) is 12.0. The van der Waals surface area contributed by atoms with E-state index in [4.69, 9.17) is 0 Å². The maximum Gasteiger partial charge on any atom is 0.327 e. The number of unbranched alkanes of at least 4 members (excludes halogenated alkanes) is 2. The highest BCUT2D eigenvalue weighted by Crippen LogP contribution is 2.17. The first-order chi connectivity index (χ1) is 8.20. The second-order valence-electron chi connectivity index (χ2n) is 3.73. The van der Waals surface area contributed by atoms with Gasteiger partial charge >= 0.3 is 5.69 Å². The third-order valence-corrected chi connectivity index (χ3v) is 3.31. The monoisotopic (exact) mass is 254 g/mol. The van der Waals surface area contributed by atoms with E-state index in [0.29, 0.717) is 16.3 Å². The molecule has 0 unspecified atom stereocenters. The van der Waals surface area contributed by atoms with Crippen molar-refractivity contribution < 1.29 is 0 Å². The van der Waals surface area contributed by atoms with Crippen LogP contribution in [0.25, 0.3) is 11.2 Å². The van der Waals surface area contributed by atoms with Crippen LogP contribution in [-0.2, 0) is 0 Å². The molecule has 17 heavy (non-hydrogen) atoms. The van der Waals surface area contributed by atoms with Gasteiger partial charge in [0.05, 0.1) is 0 Å². The third-order valence-electron chi connectivity index (χ3n) is 2.35. The number of thioether (sulfide) groups is 1. The van der Waals surface area contributed by atoms with Crippen LogP contribution >= 0.6 is 11.8 Å². The van der Waals surface area contributed by atoms with Crippen LogP contribution in [0.2, 0.25) is 0 Å². The van der Waals surface area contributed by atoms with Crippen LogP contribution in [0, 0.1) is 0 Å². The zero-order chi connectivity index (χ0) is 12.3. The van der Waals surface area contributed by atoms with Crippen LogP contribution in [0.5, 0.6) is 0 Å². The summed E-state index contributed by atoms with van der Waals surface area (Å²) in [5.41, 5.74) is -0.326. The lowest BCUT2D eigenvalue weighted by Crippen LogP contribution is -2.21. The quantitative estimate of drug-likeness (QED) is 0.552. The Morgan fingerprint density at radius 1 is 1.18 bits per heavy atom. The normalized spacial score (nSPS) is 11.1. The Morgan fingerprint density at radius 2 is 2.00 bits per heavy atom. The molecule has 0 saturated heterocycles. The molecule has 0 aliphatic heterocycles. The number of H-pyrrole nitrogens is 3. The van der Waals surface area contributed by atoms with E-state index in [1.165, 1.54) is 12.8 Å². The van der Waals surface area contributed by atoms with E-state index in [1.54, 1.807) is 11.8 Å². The maximum absolute atomic E-state index is 11.4. The standard InChI is InChI=1S/C10H14N4O2S/c1-2-3-4-5-17-10-11-6-7(13-10)12-9(16)14-8(6)15/h2-5H2,1H3,(H3,11,12,13,14,15,16). The molecule has 2 rings (SSSR count). The van der Waals surface area contributed by atoms with Gasteiger partial charge in [-0.2, -0.15) is 0 Å². The van der Waals surface area contributed by atoms with Crippen molar-refractivity contribution in [2.45, 2.75) is 31.3 Å². The number of hydrogen-bond donors (Lipinski definition) is 3. The minimum absolute atomic E-state index is 0.316. The van der Waals surface area contributed by atoms with Gasteiger partial charge < -0.3 is 4.98 Å². The van der Waals surface area contributed by atoms with Crippen LogP contribution in [-0.4, -0.2) is 25.7 Å². The molecule has 0 bridgehead atoms. The highest BCUT2D eigenvalue weighted by atomic mass is 32.2. The van der Waals surface area contributed by atoms with Crippen LogP contribution in [0.1, 0.15) is 26.2 Å². The van der Waals surface area contributed by atoms with Crippen molar-refractivity contribution in [1.82, 2.24) is 19.9 Å². The highest BCUT2D eigenvalue weighted by Gasteiger charge is 2.07. The van der Waals surface area contributed by atoms with Crippen LogP contribution in [0.4, 0.5) is 0 Å². The molecule has 0 saturated carbocycles. The molecule has 7 heteroatoms. The van der Waals surface area contributed by atoms with Gasteiger partial charge in [0, 0.05) is 5.75 Å². The molecule has 92 valence electrons. The molecule has 0 atom stereocenters. The van der Waals surface area contributed by atoms with Crippen molar-refractivity contribution in [1.29, 1.82) is 0 Å². The van der Waals surface area contributed by atoms with E-state index >= 15 is 0 Å². The van der Waals surface area contributed by atoms with Crippen LogP contribution in [0.3, 0.4) is 0 Å². The van der Waals surface area contributed by atoms with Gasteiger partial charge in [-0.3, -0.25) is 14.8 Å². The summed E-state index contributed by atoms with van der Waals surface area (Å²) < 4.78 is 0. The van der Waals surface area contributed by atoms with Gasteiger partial charge in [-0.25, -0.2) is 9.78 Å². The summed E-state index contributed by atoms with van der Waals surface area (Å²) in [6.45, 7) is 2.15. The van der Waals surface area contributed by atoms with E-state index in [2.05, 4.69) is 26.9 Å². The fraction of sp³-hybridized carbons (Fsp3) is 0.500. The van der Waals surface area contributed by atoms with Crippen LogP contribution < -0.4 is 11.2 Å². The predicted molar refractivity (Wildman–Crippen MR) is 67.6 cm³/mol. The van der Waals surface area contributed by atoms with Crippen molar-refractivity contribution in [3.05, 3.63) is 20.8 Å². The van der Waals surface area contributed by atoms with Crippen molar-refractivity contribution in [2.75, 3.05) is 5.75 Å². The third kappa shape index (κ3) is 2.79. The second kappa shape index (κ2) is 5.22. The average Bonchev–Trinajstić information content (AvgIpc) is 2.67. The molecule has 0 fully saturated rings. The molecule has 2 heterocycles. The van der Waals surface area contributed by atoms with Gasteiger partial charge in [0.2, 0.25) is 0 Å². The fourth-order valence-electron chi connectivity index (χ4n) is 1.50. The average molecular weight is 254 g/mol. The Bertz CT molecular complexity index is 613. The molecule has 3 N–H and O–H groups in total. The Balaban J connectivity index is 2.18. The molecular weight excluding hydrogens is 240 g/mol. The van der Waals surface area contributed by atoms with Crippen molar-refractivity contribution >= 4 is 22.9 Å². The molecular formula is C10H14N4O2S. The number of fused-ring (bicyclic) bond motifs is 1. The van der Waals surface area contributed by atoms with Gasteiger partial charge in [-0.1, -0.05) is 31.5 Å². The molecule has 0 aliphatic rings. The molecule has 2 aromatic rings. The molecule has 0 aliphatic carbocycles. The minimum atomic E-state index is -0.531. The van der Waals surface area contributed by atoms with Crippen molar-refractivity contribution in [3.63, 3.8) is 0 Å². The predicted octanol–water partition coefficient (Wildman–Crippen LogP) is 1.22. The number of aromatic nitrogens is 4. The molecule has 0 spiro atoms. The Morgan fingerprint density at radius 3 is 2.76 bits per heavy atom. The Hall–Kier alpha value is -1.50. The zero-order valence-corrected chi connectivity index (χ0v) is 10.3. The first-order valence-electron chi connectivity index (χ1n) is 5.56. The summed E-state index contributed by atoms with van der Waals surface area (Å²) in [4.78, 5) is 34.2. The van der Waals surface area contributed by atoms with Gasteiger partial charge in [-0.15, -0.1) is 0 Å². The smallest absolute Gasteiger partial charge is 0.327 e. The summed E-state index contributed by atoms with van der Waals surface area (Å²) in [7, 11) is 0. The lowest BCUT2D eigenvalue weighted by atomic mass is 10.3. The van der Waals surface area contributed by atoms with E-state index in [-0.39, 0.29) is 0 Å². The molecule has 0 aromatic carbocycles. The largest absolute Gasteiger partial charge is 0.327 e. The lowest BCUT2D eigenvalue weighted by molar-refractivity contribution is 0.777. The summed E-state index contributed by atoms with van der Waals surface area (Å²) in [5, 5.41) is 0.670. The van der Waals surface area contributed by atoms with Crippen molar-refractivity contribution in [2.24, 2.45) is 0 Å². The van der Waals surface area contributed by atoms with Crippen LogP contribution in [0.15, 0.2) is 14.7 Å². The number of aromatic amines is 3. The lowest BCUT2D eigenvalue weighted by Gasteiger charge is -1.95. The number of rotatable bonds is 5. The number of imidazole rings is 1. The number of hydrogen-bond acceptors (Lipinski definition) is 4. The van der Waals surface area contributed by atoms with E-state index in [0.717, 1.165) is 12.2 Å². The Labute approximate surface area is 101 Å². The summed E-state index contributed by atoms with van der Waals surface area (Å²) in [6.07, 6.45) is 3.48. The Kier molecular flexibility index (Phi) is 3.68. The fourth-order valence-corrected chi connectivity index (χ4v) is 2.37. The van der Waals surface area contributed by atoms with Gasteiger partial charge in [0.1, 0.15) is 5.52 Å². The minimum Gasteiger partial charge on any atom is -0.327 e. The molecule has 6 nitrogen and oxygen atoms in total. The SMILES string of the molecule is CCCCCSc1nc2[nH]c(=O)[nH]c(=O)c2[nH]1. The number of nitrogens with zero attached hydrogens (tertiary/aromatic N) is 1. The van der Waals surface area contributed by atoms with E-state index in [1.807, 2.05) is 0 Å². The van der Waals surface area contributed by atoms with E-state index < -0.39 is 11.2 Å². The molecule has 0 radical (unpaired) electrons. The van der Waals surface area contributed by atoms with Gasteiger partial charge in [-0.05, 0) is 6.42 Å². The topological polar surface area (TPSA) is 94.4 Å². The zero-order valence-electron chi connectivity index (χ0n) is 9.50. The molecule has 0 amide bonds. The summed E-state index contributed by atoms with van der Waals surface area (Å²) in [5.74, 6) is 0.954. The van der Waals surface area contributed by atoms with Crippen molar-refractivity contribution in [3.8, 4) is 0 Å². The second-order valence-corrected chi connectivity index (χ2v) is 4.81. The van der Waals surface area contributed by atoms with Gasteiger partial charge in [0.25, 0.3) is 5.56 Å².